The molecule has 0 unspecified atom stereocenters. The van der Waals surface area contributed by atoms with Crippen LogP contribution in [0.3, 0.4) is 0 Å². The lowest BCUT2D eigenvalue weighted by Gasteiger charge is -2.23. The number of hydrogen-bond acceptors (Lipinski definition) is 5. The molecular weight excluding hydrogens is 460 g/mol. The van der Waals surface area contributed by atoms with Crippen molar-refractivity contribution < 1.29 is 9.90 Å². The summed E-state index contributed by atoms with van der Waals surface area (Å²) in [6.07, 6.45) is 3.90. The number of fused-ring (bicyclic) bond motifs is 1. The maximum absolute atomic E-state index is 14.0. The van der Waals surface area contributed by atoms with Gasteiger partial charge in [0.1, 0.15) is 11.3 Å². The molecular formula is C28H27ClN4O2. The summed E-state index contributed by atoms with van der Waals surface area (Å²) in [4.78, 5) is 25.3. The summed E-state index contributed by atoms with van der Waals surface area (Å²) in [5.74, 6) is 0.0464. The fourth-order valence-corrected chi connectivity index (χ4v) is 5.03. The molecule has 4 aromatic rings. The van der Waals surface area contributed by atoms with E-state index in [0.29, 0.717) is 39.4 Å². The van der Waals surface area contributed by atoms with Crippen LogP contribution in [0.2, 0.25) is 5.02 Å². The highest BCUT2D eigenvalue weighted by molar-refractivity contribution is 6.31. The molecule has 0 spiro atoms. The Morgan fingerprint density at radius 1 is 1.17 bits per heavy atom. The number of nitrogens with zero attached hydrogens (tertiary/aromatic N) is 3. The van der Waals surface area contributed by atoms with Gasteiger partial charge in [0.05, 0.1) is 16.8 Å². The summed E-state index contributed by atoms with van der Waals surface area (Å²) in [5.41, 5.74) is 5.59. The van der Waals surface area contributed by atoms with E-state index in [1.54, 1.807) is 29.3 Å². The molecule has 1 atom stereocenters. The van der Waals surface area contributed by atoms with Crippen LogP contribution in [0.15, 0.2) is 60.8 Å². The first-order valence-corrected chi connectivity index (χ1v) is 12.1. The number of halogens is 1. The fourth-order valence-electron chi connectivity index (χ4n) is 4.74. The van der Waals surface area contributed by atoms with Gasteiger partial charge in [0, 0.05) is 42.0 Å². The second kappa shape index (κ2) is 9.64. The molecule has 0 radical (unpaired) electrons. The summed E-state index contributed by atoms with van der Waals surface area (Å²) >= 11 is 6.38. The first-order valence-electron chi connectivity index (χ1n) is 11.7. The van der Waals surface area contributed by atoms with Gasteiger partial charge < -0.3 is 15.3 Å². The third-order valence-corrected chi connectivity index (χ3v) is 6.64. The van der Waals surface area contributed by atoms with Crippen LogP contribution in [-0.4, -0.2) is 52.1 Å². The SMILES string of the molecule is Cc1cc(Cl)cc(-c2cnc3ccc(-c4cccc(O)c4)nc3c2C(=O)N(C)C[C@@H]2CCCN2)c1. The van der Waals surface area contributed by atoms with Crippen molar-refractivity contribution in [2.75, 3.05) is 20.1 Å². The Kier molecular flexibility index (Phi) is 6.41. The number of phenols is 1. The Morgan fingerprint density at radius 3 is 2.77 bits per heavy atom. The lowest BCUT2D eigenvalue weighted by Crippen LogP contribution is -2.39. The zero-order chi connectivity index (χ0) is 24.5. The lowest BCUT2D eigenvalue weighted by atomic mass is 9.97. The maximum atomic E-state index is 14.0. The number of likely N-dealkylation sites (N-methyl/N-ethyl adjacent to an activating group) is 1. The third-order valence-electron chi connectivity index (χ3n) is 6.43. The molecule has 2 N–H and O–H groups in total. The number of rotatable bonds is 5. The van der Waals surface area contributed by atoms with Crippen molar-refractivity contribution in [2.45, 2.75) is 25.8 Å². The number of nitrogens with one attached hydrogen (secondary N) is 1. The molecule has 0 aliphatic carbocycles. The van der Waals surface area contributed by atoms with Gasteiger partial charge >= 0.3 is 0 Å². The van der Waals surface area contributed by atoms with Gasteiger partial charge in [-0.15, -0.1) is 0 Å². The van der Waals surface area contributed by atoms with Crippen LogP contribution >= 0.6 is 11.6 Å². The molecule has 6 nitrogen and oxygen atoms in total. The Balaban J connectivity index is 1.69. The average Bonchev–Trinajstić information content (AvgIpc) is 3.35. The highest BCUT2D eigenvalue weighted by atomic mass is 35.5. The monoisotopic (exact) mass is 486 g/mol. The average molecular weight is 487 g/mol. The highest BCUT2D eigenvalue weighted by Gasteiger charge is 2.25. The van der Waals surface area contributed by atoms with Crippen LogP contribution < -0.4 is 5.32 Å². The molecule has 2 aromatic heterocycles. The fraction of sp³-hybridized carbons (Fsp3) is 0.250. The summed E-state index contributed by atoms with van der Waals surface area (Å²) in [5, 5.41) is 14.0. The standard InChI is InChI=1S/C28H27ClN4O2/c1-17-11-19(13-20(29)12-17)23-15-31-25-9-8-24(18-5-3-7-22(34)14-18)32-27(25)26(23)28(35)33(2)16-21-6-4-10-30-21/h3,5,7-9,11-15,21,30,34H,4,6,10,16H2,1-2H3/t21-/m0/s1. The Hall–Kier alpha value is -3.48. The number of hydrogen-bond donors (Lipinski definition) is 2. The van der Waals surface area contributed by atoms with Crippen molar-refractivity contribution in [3.8, 4) is 28.1 Å². The van der Waals surface area contributed by atoms with Crippen molar-refractivity contribution in [2.24, 2.45) is 0 Å². The first kappa shape index (κ1) is 23.3. The zero-order valence-corrected chi connectivity index (χ0v) is 20.5. The zero-order valence-electron chi connectivity index (χ0n) is 19.8. The van der Waals surface area contributed by atoms with Gasteiger partial charge in [-0.05, 0) is 73.8 Å². The first-order chi connectivity index (χ1) is 16.9. The topological polar surface area (TPSA) is 78.4 Å². The van der Waals surface area contributed by atoms with E-state index in [1.807, 2.05) is 50.4 Å². The van der Waals surface area contributed by atoms with Crippen LogP contribution in [-0.2, 0) is 0 Å². The number of carbonyl (C=O) groups excluding carboxylic acids is 1. The number of phenolic OH excluding ortho intramolecular Hbond substituents is 1. The van der Waals surface area contributed by atoms with E-state index >= 15 is 0 Å². The van der Waals surface area contributed by atoms with E-state index in [9.17, 15) is 9.90 Å². The number of amides is 1. The van der Waals surface area contributed by atoms with E-state index in [-0.39, 0.29) is 17.7 Å². The van der Waals surface area contributed by atoms with E-state index in [1.165, 1.54) is 0 Å². The van der Waals surface area contributed by atoms with Crippen molar-refractivity contribution in [3.63, 3.8) is 0 Å². The second-order valence-corrected chi connectivity index (χ2v) is 9.59. The maximum Gasteiger partial charge on any atom is 0.256 e. The smallest absolute Gasteiger partial charge is 0.256 e. The minimum absolute atomic E-state index is 0.112. The molecule has 1 saturated heterocycles. The lowest BCUT2D eigenvalue weighted by molar-refractivity contribution is 0.0786. The summed E-state index contributed by atoms with van der Waals surface area (Å²) in [7, 11) is 1.83. The Morgan fingerprint density at radius 2 is 2.03 bits per heavy atom. The molecule has 3 heterocycles. The molecule has 1 fully saturated rings. The number of carbonyl (C=O) groups is 1. The second-order valence-electron chi connectivity index (χ2n) is 9.16. The number of pyridine rings is 2. The molecule has 178 valence electrons. The molecule has 7 heteroatoms. The van der Waals surface area contributed by atoms with Gasteiger partial charge in [-0.25, -0.2) is 4.98 Å². The number of aryl methyl sites for hydroxylation is 1. The van der Waals surface area contributed by atoms with Crippen molar-refractivity contribution in [1.29, 1.82) is 0 Å². The van der Waals surface area contributed by atoms with Gasteiger partial charge in [0.25, 0.3) is 5.91 Å². The quantitative estimate of drug-likeness (QED) is 0.392. The molecule has 0 bridgehead atoms. The largest absolute Gasteiger partial charge is 0.508 e. The predicted octanol–water partition coefficient (Wildman–Crippen LogP) is 5.46. The van der Waals surface area contributed by atoms with Crippen LogP contribution in [0.4, 0.5) is 0 Å². The van der Waals surface area contributed by atoms with E-state index < -0.39 is 0 Å². The molecule has 0 saturated carbocycles. The van der Waals surface area contributed by atoms with Gasteiger partial charge in [-0.2, -0.15) is 0 Å². The summed E-state index contributed by atoms with van der Waals surface area (Å²) in [6, 6.07) is 16.7. The predicted molar refractivity (Wildman–Crippen MR) is 140 cm³/mol. The third kappa shape index (κ3) is 4.85. The minimum Gasteiger partial charge on any atom is -0.508 e. The van der Waals surface area contributed by atoms with Gasteiger partial charge in [-0.3, -0.25) is 9.78 Å². The minimum atomic E-state index is -0.112. The molecule has 1 aliphatic heterocycles. The summed E-state index contributed by atoms with van der Waals surface area (Å²) in [6.45, 7) is 3.57. The van der Waals surface area contributed by atoms with Crippen LogP contribution in [0, 0.1) is 6.92 Å². The molecule has 2 aromatic carbocycles. The van der Waals surface area contributed by atoms with Crippen molar-refractivity contribution in [1.82, 2.24) is 20.2 Å². The van der Waals surface area contributed by atoms with Crippen LogP contribution in [0.1, 0.15) is 28.8 Å². The Labute approximate surface area is 209 Å². The van der Waals surface area contributed by atoms with Gasteiger partial charge in [0.15, 0.2) is 0 Å². The Bertz CT molecular complexity index is 1400. The summed E-state index contributed by atoms with van der Waals surface area (Å²) < 4.78 is 0. The highest BCUT2D eigenvalue weighted by Crippen LogP contribution is 2.33. The van der Waals surface area contributed by atoms with Gasteiger partial charge in [-0.1, -0.05) is 29.8 Å². The van der Waals surface area contributed by atoms with E-state index in [2.05, 4.69) is 10.3 Å². The van der Waals surface area contributed by atoms with Crippen molar-refractivity contribution in [3.05, 3.63) is 76.9 Å². The van der Waals surface area contributed by atoms with Gasteiger partial charge in [0.2, 0.25) is 0 Å². The molecule has 1 amide bonds. The number of aromatic nitrogens is 2. The number of aromatic hydroxyl groups is 1. The molecule has 1 aliphatic rings. The van der Waals surface area contributed by atoms with E-state index in [4.69, 9.17) is 16.6 Å². The van der Waals surface area contributed by atoms with Crippen LogP contribution in [0.25, 0.3) is 33.4 Å². The molecule has 5 rings (SSSR count). The van der Waals surface area contributed by atoms with E-state index in [0.717, 1.165) is 36.1 Å². The normalized spacial score (nSPS) is 15.5. The number of benzene rings is 2. The molecule has 35 heavy (non-hydrogen) atoms. The van der Waals surface area contributed by atoms with Crippen LogP contribution in [0.5, 0.6) is 5.75 Å². The van der Waals surface area contributed by atoms with Crippen molar-refractivity contribution >= 4 is 28.5 Å².